The molecule has 2 aromatic rings. The van der Waals surface area contributed by atoms with Crippen molar-refractivity contribution in [2.75, 3.05) is 5.32 Å². The Balaban J connectivity index is 2.29. The molecule has 1 N–H and O–H groups in total. The minimum atomic E-state index is -0.504. The largest absolute Gasteiger partial charge is 0.318 e. The Bertz CT molecular complexity index is 628. The smallest absolute Gasteiger partial charge is 0.274 e. The normalized spacial score (nSPS) is 10.3. The van der Waals surface area contributed by atoms with Crippen LogP contribution in [0.3, 0.4) is 0 Å². The molecule has 1 amide bonds. The van der Waals surface area contributed by atoms with E-state index in [2.05, 4.69) is 26.2 Å². The summed E-state index contributed by atoms with van der Waals surface area (Å²) in [6, 6.07) is 5.28. The maximum atomic E-state index is 13.1. The predicted octanol–water partition coefficient (Wildman–Crippen LogP) is 4.54. The van der Waals surface area contributed by atoms with Crippen LogP contribution in [0.1, 0.15) is 10.5 Å². The Morgan fingerprint density at radius 1 is 1.32 bits per heavy atom. The molecule has 0 bridgehead atoms. The van der Waals surface area contributed by atoms with Crippen molar-refractivity contribution in [2.45, 2.75) is 0 Å². The van der Waals surface area contributed by atoms with Gasteiger partial charge in [-0.1, -0.05) is 23.2 Å². The lowest BCUT2D eigenvalue weighted by molar-refractivity contribution is 0.102. The Labute approximate surface area is 126 Å². The second-order valence-corrected chi connectivity index (χ2v) is 5.26. The lowest BCUT2D eigenvalue weighted by Crippen LogP contribution is -2.14. The quantitative estimate of drug-likeness (QED) is 0.850. The highest BCUT2D eigenvalue weighted by Gasteiger charge is 2.14. The van der Waals surface area contributed by atoms with Gasteiger partial charge in [-0.25, -0.2) is 4.39 Å². The molecule has 0 unspecified atom stereocenters. The highest BCUT2D eigenvalue weighted by atomic mass is 79.9. The molecule has 0 saturated heterocycles. The number of halogens is 4. The average Bonchev–Trinajstić information content (AvgIpc) is 2.33. The van der Waals surface area contributed by atoms with Crippen LogP contribution < -0.4 is 5.32 Å². The van der Waals surface area contributed by atoms with Gasteiger partial charge in [0.2, 0.25) is 0 Å². The van der Waals surface area contributed by atoms with E-state index in [-0.39, 0.29) is 16.4 Å². The first kappa shape index (κ1) is 14.2. The van der Waals surface area contributed by atoms with Crippen molar-refractivity contribution in [3.63, 3.8) is 0 Å². The molecule has 1 heterocycles. The third kappa shape index (κ3) is 3.43. The lowest BCUT2D eigenvalue weighted by atomic mass is 10.3. The van der Waals surface area contributed by atoms with Gasteiger partial charge in [-0.2, -0.15) is 0 Å². The summed E-state index contributed by atoms with van der Waals surface area (Å²) in [5, 5.41) is 3.02. The van der Waals surface area contributed by atoms with Crippen LogP contribution in [-0.2, 0) is 0 Å². The SMILES string of the molecule is O=C(Nc1c(Cl)cc(F)cc1Br)c1cc(Cl)ccn1. The fraction of sp³-hybridized carbons (Fsp3) is 0. The molecule has 0 spiro atoms. The van der Waals surface area contributed by atoms with Gasteiger partial charge < -0.3 is 5.32 Å². The molecule has 0 fully saturated rings. The summed E-state index contributed by atoms with van der Waals surface area (Å²) in [4.78, 5) is 15.8. The van der Waals surface area contributed by atoms with Crippen molar-refractivity contribution >= 4 is 50.7 Å². The molecule has 0 aliphatic carbocycles. The number of nitrogens with one attached hydrogen (secondary N) is 1. The minimum absolute atomic E-state index is 0.0854. The molecule has 0 aliphatic rings. The number of amides is 1. The van der Waals surface area contributed by atoms with Gasteiger partial charge in [-0.15, -0.1) is 0 Å². The second kappa shape index (κ2) is 5.86. The molecule has 0 radical (unpaired) electrons. The summed E-state index contributed by atoms with van der Waals surface area (Å²) >= 11 is 14.8. The van der Waals surface area contributed by atoms with Crippen molar-refractivity contribution in [3.05, 3.63) is 56.5 Å². The topological polar surface area (TPSA) is 42.0 Å². The molecule has 1 aromatic carbocycles. The Kier molecular flexibility index (Phi) is 4.39. The lowest BCUT2D eigenvalue weighted by Gasteiger charge is -2.09. The molecule has 7 heteroatoms. The average molecular weight is 364 g/mol. The zero-order valence-electron chi connectivity index (χ0n) is 9.25. The van der Waals surface area contributed by atoms with E-state index in [1.165, 1.54) is 18.3 Å². The standard InChI is InChI=1S/C12H6BrCl2FN2O/c13-8-4-7(16)5-9(15)11(8)18-12(19)10-3-6(14)1-2-17-10/h1-5H,(H,18,19). The number of benzene rings is 1. The van der Waals surface area contributed by atoms with E-state index < -0.39 is 11.7 Å². The van der Waals surface area contributed by atoms with E-state index >= 15 is 0 Å². The molecule has 0 aliphatic heterocycles. The van der Waals surface area contributed by atoms with Crippen LogP contribution >= 0.6 is 39.1 Å². The first-order valence-corrected chi connectivity index (χ1v) is 6.59. The molecule has 3 nitrogen and oxygen atoms in total. The Morgan fingerprint density at radius 3 is 2.68 bits per heavy atom. The predicted molar refractivity (Wildman–Crippen MR) is 76.3 cm³/mol. The molecule has 98 valence electrons. The summed E-state index contributed by atoms with van der Waals surface area (Å²) < 4.78 is 13.4. The minimum Gasteiger partial charge on any atom is -0.318 e. The van der Waals surface area contributed by atoms with Crippen molar-refractivity contribution < 1.29 is 9.18 Å². The highest BCUT2D eigenvalue weighted by Crippen LogP contribution is 2.32. The van der Waals surface area contributed by atoms with Crippen LogP contribution in [0.2, 0.25) is 10.0 Å². The summed E-state index contributed by atoms with van der Waals surface area (Å²) in [5.41, 5.74) is 0.412. The number of hydrogen-bond acceptors (Lipinski definition) is 2. The number of rotatable bonds is 2. The maximum absolute atomic E-state index is 13.1. The van der Waals surface area contributed by atoms with Crippen LogP contribution in [-0.4, -0.2) is 10.9 Å². The van der Waals surface area contributed by atoms with Gasteiger partial charge in [0.25, 0.3) is 5.91 Å². The van der Waals surface area contributed by atoms with Crippen molar-refractivity contribution in [2.24, 2.45) is 0 Å². The highest BCUT2D eigenvalue weighted by molar-refractivity contribution is 9.10. The van der Waals surface area contributed by atoms with Gasteiger partial charge in [-0.05, 0) is 40.2 Å². The van der Waals surface area contributed by atoms with Crippen LogP contribution in [0.25, 0.3) is 0 Å². The molecule has 2 rings (SSSR count). The van der Waals surface area contributed by atoms with Crippen molar-refractivity contribution in [1.29, 1.82) is 0 Å². The number of hydrogen-bond donors (Lipinski definition) is 1. The fourth-order valence-electron chi connectivity index (χ4n) is 1.37. The fourth-order valence-corrected chi connectivity index (χ4v) is 2.43. The number of pyridine rings is 1. The van der Waals surface area contributed by atoms with E-state index in [9.17, 15) is 9.18 Å². The number of anilines is 1. The Morgan fingerprint density at radius 2 is 2.05 bits per heavy atom. The second-order valence-electron chi connectivity index (χ2n) is 3.56. The summed E-state index contributed by atoms with van der Waals surface area (Å²) in [7, 11) is 0. The zero-order chi connectivity index (χ0) is 14.0. The van der Waals surface area contributed by atoms with Gasteiger partial charge in [0.1, 0.15) is 11.5 Å². The molecule has 0 atom stereocenters. The maximum Gasteiger partial charge on any atom is 0.274 e. The molecule has 19 heavy (non-hydrogen) atoms. The summed E-state index contributed by atoms with van der Waals surface area (Å²) in [6.45, 7) is 0. The molecule has 1 aromatic heterocycles. The van der Waals surface area contributed by atoms with E-state index in [4.69, 9.17) is 23.2 Å². The molecular formula is C12H6BrCl2FN2O. The number of carbonyl (C=O) groups excluding carboxylic acids is 1. The molecular weight excluding hydrogens is 358 g/mol. The van der Waals surface area contributed by atoms with E-state index in [1.54, 1.807) is 6.07 Å². The van der Waals surface area contributed by atoms with Crippen LogP contribution in [0, 0.1) is 5.82 Å². The van der Waals surface area contributed by atoms with Crippen molar-refractivity contribution in [3.8, 4) is 0 Å². The van der Waals surface area contributed by atoms with E-state index in [0.717, 1.165) is 6.07 Å². The zero-order valence-corrected chi connectivity index (χ0v) is 12.4. The Hall–Kier alpha value is -1.17. The third-order valence-corrected chi connectivity index (χ3v) is 3.36. The number of aromatic nitrogens is 1. The number of carbonyl (C=O) groups is 1. The monoisotopic (exact) mass is 362 g/mol. The van der Waals surface area contributed by atoms with Gasteiger partial charge in [0.05, 0.1) is 10.7 Å². The van der Waals surface area contributed by atoms with Gasteiger partial charge in [0, 0.05) is 15.7 Å². The summed E-state index contributed by atoms with van der Waals surface area (Å²) in [5.74, 6) is -0.993. The first-order chi connectivity index (χ1) is 8.97. The first-order valence-electron chi connectivity index (χ1n) is 5.05. The van der Waals surface area contributed by atoms with Gasteiger partial charge in [0.15, 0.2) is 0 Å². The van der Waals surface area contributed by atoms with Gasteiger partial charge in [-0.3, -0.25) is 9.78 Å². The molecule has 0 saturated carbocycles. The third-order valence-electron chi connectivity index (χ3n) is 2.20. The van der Waals surface area contributed by atoms with E-state index in [1.807, 2.05) is 0 Å². The van der Waals surface area contributed by atoms with Crippen LogP contribution in [0.5, 0.6) is 0 Å². The van der Waals surface area contributed by atoms with E-state index in [0.29, 0.717) is 9.50 Å². The van der Waals surface area contributed by atoms with Crippen LogP contribution in [0.15, 0.2) is 34.9 Å². The van der Waals surface area contributed by atoms with Crippen molar-refractivity contribution in [1.82, 2.24) is 4.98 Å². The van der Waals surface area contributed by atoms with Gasteiger partial charge >= 0.3 is 0 Å². The number of nitrogens with zero attached hydrogens (tertiary/aromatic N) is 1. The van der Waals surface area contributed by atoms with Crippen LogP contribution in [0.4, 0.5) is 10.1 Å². The summed E-state index contributed by atoms with van der Waals surface area (Å²) in [6.07, 6.45) is 1.42.